The maximum Gasteiger partial charge on any atom is 0.236 e. The molecule has 3 nitrogen and oxygen atoms in total. The molecule has 1 fully saturated rings. The Balaban J connectivity index is 2.11. The second kappa shape index (κ2) is 4.04. The molecule has 0 aromatic heterocycles. The van der Waals surface area contributed by atoms with E-state index in [2.05, 4.69) is 10.6 Å². The SMILES string of the molecule is CC(C)(F)c1ccc2c(c1)C1(CCCNC1)C(=O)N2. The average molecular weight is 262 g/mol. The Morgan fingerprint density at radius 3 is 2.79 bits per heavy atom. The number of rotatable bonds is 1. The lowest BCUT2D eigenvalue weighted by molar-refractivity contribution is -0.121. The van der Waals surface area contributed by atoms with Crippen molar-refractivity contribution >= 4 is 11.6 Å². The van der Waals surface area contributed by atoms with Crippen LogP contribution in [0.15, 0.2) is 18.2 Å². The number of carbonyl (C=O) groups is 1. The lowest BCUT2D eigenvalue weighted by Crippen LogP contribution is -2.48. The second-order valence-corrected chi connectivity index (χ2v) is 6.05. The lowest BCUT2D eigenvalue weighted by Gasteiger charge is -2.32. The molecule has 1 unspecified atom stereocenters. The van der Waals surface area contributed by atoms with Crippen molar-refractivity contribution < 1.29 is 9.18 Å². The second-order valence-electron chi connectivity index (χ2n) is 6.05. The molecule has 1 atom stereocenters. The highest BCUT2D eigenvalue weighted by Gasteiger charge is 2.47. The molecule has 1 aromatic rings. The van der Waals surface area contributed by atoms with E-state index in [0.717, 1.165) is 30.6 Å². The summed E-state index contributed by atoms with van der Waals surface area (Å²) in [6.07, 6.45) is 1.80. The number of anilines is 1. The van der Waals surface area contributed by atoms with Crippen LogP contribution in [-0.2, 0) is 15.9 Å². The molecule has 102 valence electrons. The van der Waals surface area contributed by atoms with E-state index in [-0.39, 0.29) is 5.91 Å². The largest absolute Gasteiger partial charge is 0.325 e. The fraction of sp³-hybridized carbons (Fsp3) is 0.533. The summed E-state index contributed by atoms with van der Waals surface area (Å²) in [4.78, 5) is 12.3. The number of benzene rings is 1. The summed E-state index contributed by atoms with van der Waals surface area (Å²) in [7, 11) is 0. The van der Waals surface area contributed by atoms with Gasteiger partial charge in [0.25, 0.3) is 0 Å². The lowest BCUT2D eigenvalue weighted by atomic mass is 9.75. The summed E-state index contributed by atoms with van der Waals surface area (Å²) in [5.74, 6) is 0.0449. The Kier molecular flexibility index (Phi) is 2.68. The molecular weight excluding hydrogens is 243 g/mol. The van der Waals surface area contributed by atoms with Crippen LogP contribution in [-0.4, -0.2) is 19.0 Å². The number of carbonyl (C=O) groups excluding carboxylic acids is 1. The minimum atomic E-state index is -1.38. The third-order valence-corrected chi connectivity index (χ3v) is 4.29. The number of fused-ring (bicyclic) bond motifs is 2. The van der Waals surface area contributed by atoms with Crippen LogP contribution in [0.25, 0.3) is 0 Å². The van der Waals surface area contributed by atoms with Gasteiger partial charge >= 0.3 is 0 Å². The van der Waals surface area contributed by atoms with Crippen LogP contribution < -0.4 is 10.6 Å². The highest BCUT2D eigenvalue weighted by molar-refractivity contribution is 6.06. The van der Waals surface area contributed by atoms with Crippen molar-refractivity contribution in [2.45, 2.75) is 37.8 Å². The van der Waals surface area contributed by atoms with E-state index >= 15 is 0 Å². The van der Waals surface area contributed by atoms with Crippen molar-refractivity contribution in [3.63, 3.8) is 0 Å². The molecule has 1 saturated heterocycles. The Morgan fingerprint density at radius 2 is 2.16 bits per heavy atom. The molecule has 19 heavy (non-hydrogen) atoms. The summed E-state index contributed by atoms with van der Waals surface area (Å²) >= 11 is 0. The predicted octanol–water partition coefficient (Wildman–Crippen LogP) is 2.46. The number of hydrogen-bond acceptors (Lipinski definition) is 2. The smallest absolute Gasteiger partial charge is 0.236 e. The van der Waals surface area contributed by atoms with Gasteiger partial charge in [0.1, 0.15) is 5.67 Å². The highest BCUT2D eigenvalue weighted by atomic mass is 19.1. The molecule has 1 spiro atoms. The van der Waals surface area contributed by atoms with E-state index in [1.54, 1.807) is 19.9 Å². The van der Waals surface area contributed by atoms with Gasteiger partial charge in [0.2, 0.25) is 5.91 Å². The van der Waals surface area contributed by atoms with Crippen molar-refractivity contribution in [3.05, 3.63) is 29.3 Å². The summed E-state index contributed by atoms with van der Waals surface area (Å²) in [6, 6.07) is 5.45. The first-order valence-corrected chi connectivity index (χ1v) is 6.80. The molecule has 3 rings (SSSR count). The van der Waals surface area contributed by atoms with Gasteiger partial charge in [-0.15, -0.1) is 0 Å². The minimum absolute atomic E-state index is 0.0449. The molecule has 0 radical (unpaired) electrons. The molecule has 1 amide bonds. The van der Waals surface area contributed by atoms with Gasteiger partial charge in [0, 0.05) is 12.2 Å². The van der Waals surface area contributed by atoms with Crippen LogP contribution in [0.3, 0.4) is 0 Å². The standard InChI is InChI=1S/C15H19FN2O/c1-14(2,16)10-4-5-12-11(8-10)15(13(19)18-12)6-3-7-17-9-15/h4-5,8,17H,3,6-7,9H2,1-2H3,(H,18,19). The fourth-order valence-corrected chi connectivity index (χ4v) is 3.11. The van der Waals surface area contributed by atoms with Gasteiger partial charge in [0.05, 0.1) is 5.41 Å². The number of alkyl halides is 1. The van der Waals surface area contributed by atoms with E-state index in [4.69, 9.17) is 0 Å². The van der Waals surface area contributed by atoms with Gasteiger partial charge < -0.3 is 10.6 Å². The maximum absolute atomic E-state index is 14.1. The zero-order chi connectivity index (χ0) is 13.7. The molecule has 0 aliphatic carbocycles. The van der Waals surface area contributed by atoms with Crippen LogP contribution in [0.4, 0.5) is 10.1 Å². The molecule has 2 aliphatic rings. The fourth-order valence-electron chi connectivity index (χ4n) is 3.11. The summed E-state index contributed by atoms with van der Waals surface area (Å²) < 4.78 is 14.1. The molecule has 2 heterocycles. The first-order valence-electron chi connectivity index (χ1n) is 6.80. The average Bonchev–Trinajstić information content (AvgIpc) is 2.62. The molecule has 4 heteroatoms. The van der Waals surface area contributed by atoms with Crippen LogP contribution in [0.2, 0.25) is 0 Å². The normalized spacial score (nSPS) is 26.4. The third-order valence-electron chi connectivity index (χ3n) is 4.29. The van der Waals surface area contributed by atoms with E-state index in [9.17, 15) is 9.18 Å². The molecule has 0 saturated carbocycles. The van der Waals surface area contributed by atoms with Crippen LogP contribution >= 0.6 is 0 Å². The molecule has 1 aromatic carbocycles. The Labute approximate surface area is 112 Å². The number of hydrogen-bond donors (Lipinski definition) is 2. The predicted molar refractivity (Wildman–Crippen MR) is 73.0 cm³/mol. The van der Waals surface area contributed by atoms with Gasteiger partial charge in [0.15, 0.2) is 0 Å². The minimum Gasteiger partial charge on any atom is -0.325 e. The first-order chi connectivity index (χ1) is 8.93. The van der Waals surface area contributed by atoms with Crippen molar-refractivity contribution in [2.24, 2.45) is 0 Å². The van der Waals surface area contributed by atoms with Gasteiger partial charge in [-0.2, -0.15) is 0 Å². The Bertz CT molecular complexity index is 527. The first kappa shape index (κ1) is 12.6. The van der Waals surface area contributed by atoms with Crippen LogP contribution in [0, 0.1) is 0 Å². The van der Waals surface area contributed by atoms with Gasteiger partial charge in [-0.05, 0) is 56.5 Å². The Morgan fingerprint density at radius 1 is 1.37 bits per heavy atom. The Hall–Kier alpha value is -1.42. The highest BCUT2D eigenvalue weighted by Crippen LogP contribution is 2.43. The number of nitrogens with one attached hydrogen (secondary N) is 2. The van der Waals surface area contributed by atoms with E-state index < -0.39 is 11.1 Å². The van der Waals surface area contributed by atoms with E-state index in [1.165, 1.54) is 0 Å². The van der Waals surface area contributed by atoms with Crippen LogP contribution in [0.5, 0.6) is 0 Å². The molecular formula is C15H19FN2O. The van der Waals surface area contributed by atoms with Gasteiger partial charge in [-0.3, -0.25) is 4.79 Å². The molecule has 2 aliphatic heterocycles. The zero-order valence-electron chi connectivity index (χ0n) is 11.3. The zero-order valence-corrected chi connectivity index (χ0v) is 11.3. The van der Waals surface area contributed by atoms with Crippen molar-refractivity contribution in [2.75, 3.05) is 18.4 Å². The number of piperidine rings is 1. The summed E-state index contributed by atoms with van der Waals surface area (Å²) in [6.45, 7) is 4.68. The van der Waals surface area contributed by atoms with Gasteiger partial charge in [-0.1, -0.05) is 6.07 Å². The summed E-state index contributed by atoms with van der Waals surface area (Å²) in [5.41, 5.74) is 0.529. The van der Waals surface area contributed by atoms with Gasteiger partial charge in [-0.25, -0.2) is 4.39 Å². The molecule has 0 bridgehead atoms. The quantitative estimate of drug-likeness (QED) is 0.816. The van der Waals surface area contributed by atoms with Crippen molar-refractivity contribution in [1.82, 2.24) is 5.32 Å². The monoisotopic (exact) mass is 262 g/mol. The van der Waals surface area contributed by atoms with Crippen molar-refractivity contribution in [1.29, 1.82) is 0 Å². The number of halogens is 1. The topological polar surface area (TPSA) is 41.1 Å². The summed E-state index contributed by atoms with van der Waals surface area (Å²) in [5, 5.41) is 6.23. The maximum atomic E-state index is 14.1. The van der Waals surface area contributed by atoms with E-state index in [1.807, 2.05) is 12.1 Å². The third kappa shape index (κ3) is 1.86. The van der Waals surface area contributed by atoms with Crippen LogP contribution in [0.1, 0.15) is 37.8 Å². The number of amides is 1. The molecule has 2 N–H and O–H groups in total. The van der Waals surface area contributed by atoms with E-state index in [0.29, 0.717) is 12.1 Å². The van der Waals surface area contributed by atoms with Crippen molar-refractivity contribution in [3.8, 4) is 0 Å².